The van der Waals surface area contributed by atoms with E-state index in [4.69, 9.17) is 4.74 Å². The van der Waals surface area contributed by atoms with E-state index in [-0.39, 0.29) is 17.9 Å². The lowest BCUT2D eigenvalue weighted by Crippen LogP contribution is -2.40. The molecule has 0 bridgehead atoms. The van der Waals surface area contributed by atoms with Gasteiger partial charge in [0.25, 0.3) is 0 Å². The van der Waals surface area contributed by atoms with Gasteiger partial charge in [0.05, 0.1) is 7.11 Å². The number of methoxy groups -OCH3 is 1. The standard InChI is InChI=1S/C22H41NO3/c1-3-4-5-6-7-8-9-10-11-12-13-14-15-18-21(24)23-19-16-17-20(23)22(25)26-2/h20H,3-19H2,1-2H3. The summed E-state index contributed by atoms with van der Waals surface area (Å²) in [5.74, 6) is -0.137. The van der Waals surface area contributed by atoms with Crippen molar-refractivity contribution in [3.05, 3.63) is 0 Å². The Kier molecular flexibility index (Phi) is 13.3. The second-order valence-electron chi connectivity index (χ2n) is 7.76. The Morgan fingerprint density at radius 1 is 0.846 bits per heavy atom. The van der Waals surface area contributed by atoms with Gasteiger partial charge in [-0.15, -0.1) is 0 Å². The molecule has 1 atom stereocenters. The molecule has 0 aromatic rings. The highest BCUT2D eigenvalue weighted by atomic mass is 16.5. The molecule has 0 saturated carbocycles. The van der Waals surface area contributed by atoms with Crippen molar-refractivity contribution < 1.29 is 14.3 Å². The lowest BCUT2D eigenvalue weighted by molar-refractivity contribution is -0.151. The van der Waals surface area contributed by atoms with Crippen LogP contribution < -0.4 is 0 Å². The number of amides is 1. The van der Waals surface area contributed by atoms with Crippen LogP contribution in [0.5, 0.6) is 0 Å². The zero-order valence-corrected chi connectivity index (χ0v) is 17.3. The van der Waals surface area contributed by atoms with Crippen molar-refractivity contribution in [3.63, 3.8) is 0 Å². The summed E-state index contributed by atoms with van der Waals surface area (Å²) in [4.78, 5) is 25.7. The highest BCUT2D eigenvalue weighted by Gasteiger charge is 2.34. The molecule has 0 spiro atoms. The summed E-state index contributed by atoms with van der Waals surface area (Å²) in [5, 5.41) is 0. The summed E-state index contributed by atoms with van der Waals surface area (Å²) in [6, 6.07) is -0.338. The normalized spacial score (nSPS) is 16.8. The number of esters is 1. The van der Waals surface area contributed by atoms with E-state index in [0.717, 1.165) is 25.7 Å². The van der Waals surface area contributed by atoms with Crippen molar-refractivity contribution in [3.8, 4) is 0 Å². The van der Waals surface area contributed by atoms with Crippen molar-refractivity contribution in [2.45, 2.75) is 116 Å². The molecule has 1 aliphatic rings. The highest BCUT2D eigenvalue weighted by molar-refractivity contribution is 5.85. The minimum atomic E-state index is -0.338. The van der Waals surface area contributed by atoms with Crippen molar-refractivity contribution in [2.24, 2.45) is 0 Å². The molecule has 0 aliphatic carbocycles. The van der Waals surface area contributed by atoms with Crippen LogP contribution in [0.3, 0.4) is 0 Å². The molecule has 1 heterocycles. The number of hydrogen-bond donors (Lipinski definition) is 0. The number of carbonyl (C=O) groups excluding carboxylic acids is 2. The first kappa shape index (κ1) is 23.0. The van der Waals surface area contributed by atoms with Crippen molar-refractivity contribution in [1.82, 2.24) is 4.90 Å². The molecular formula is C22H41NO3. The number of likely N-dealkylation sites (tertiary alicyclic amines) is 1. The highest BCUT2D eigenvalue weighted by Crippen LogP contribution is 2.20. The molecule has 1 amide bonds. The van der Waals surface area contributed by atoms with Gasteiger partial charge in [0, 0.05) is 13.0 Å². The van der Waals surface area contributed by atoms with Crippen LogP contribution in [0.15, 0.2) is 0 Å². The van der Waals surface area contributed by atoms with E-state index in [9.17, 15) is 9.59 Å². The van der Waals surface area contributed by atoms with Gasteiger partial charge in [0.15, 0.2) is 0 Å². The zero-order chi connectivity index (χ0) is 19.0. The number of hydrogen-bond acceptors (Lipinski definition) is 3. The fourth-order valence-corrected chi connectivity index (χ4v) is 3.88. The van der Waals surface area contributed by atoms with E-state index < -0.39 is 0 Å². The van der Waals surface area contributed by atoms with Crippen LogP contribution in [-0.4, -0.2) is 36.5 Å². The Bertz CT molecular complexity index is 384. The van der Waals surface area contributed by atoms with Crippen LogP contribution in [0, 0.1) is 0 Å². The SMILES string of the molecule is CCCCCCCCCCCCCCCC(=O)N1CCCC1C(=O)OC. The van der Waals surface area contributed by atoms with Gasteiger partial charge >= 0.3 is 5.97 Å². The third kappa shape index (κ3) is 9.59. The quantitative estimate of drug-likeness (QED) is 0.278. The van der Waals surface area contributed by atoms with Gasteiger partial charge in [0.1, 0.15) is 6.04 Å². The van der Waals surface area contributed by atoms with Gasteiger partial charge in [-0.1, -0.05) is 84.0 Å². The van der Waals surface area contributed by atoms with Crippen LogP contribution in [-0.2, 0) is 14.3 Å². The van der Waals surface area contributed by atoms with Gasteiger partial charge in [-0.05, 0) is 19.3 Å². The Hall–Kier alpha value is -1.06. The summed E-state index contributed by atoms with van der Waals surface area (Å²) >= 11 is 0. The fourth-order valence-electron chi connectivity index (χ4n) is 3.88. The van der Waals surface area contributed by atoms with E-state index in [1.807, 2.05) is 0 Å². The van der Waals surface area contributed by atoms with E-state index in [1.54, 1.807) is 4.90 Å². The molecule has 1 fully saturated rings. The zero-order valence-electron chi connectivity index (χ0n) is 17.3. The van der Waals surface area contributed by atoms with Crippen molar-refractivity contribution in [2.75, 3.05) is 13.7 Å². The summed E-state index contributed by atoms with van der Waals surface area (Å²) < 4.78 is 4.80. The molecule has 0 N–H and O–H groups in total. The van der Waals surface area contributed by atoms with Crippen LogP contribution in [0.4, 0.5) is 0 Å². The first-order valence-electron chi connectivity index (χ1n) is 11.1. The smallest absolute Gasteiger partial charge is 0.328 e. The molecule has 1 aliphatic heterocycles. The maximum absolute atomic E-state index is 12.3. The van der Waals surface area contributed by atoms with Gasteiger partial charge in [-0.2, -0.15) is 0 Å². The van der Waals surface area contributed by atoms with E-state index in [0.29, 0.717) is 13.0 Å². The fraction of sp³-hybridized carbons (Fsp3) is 0.909. The predicted octanol–water partition coefficient (Wildman–Crippen LogP) is 5.63. The first-order valence-corrected chi connectivity index (χ1v) is 11.1. The summed E-state index contributed by atoms with van der Waals surface area (Å²) in [6.07, 6.45) is 19.2. The van der Waals surface area contributed by atoms with E-state index in [2.05, 4.69) is 6.92 Å². The average Bonchev–Trinajstić information content (AvgIpc) is 3.14. The largest absolute Gasteiger partial charge is 0.467 e. The van der Waals surface area contributed by atoms with Gasteiger partial charge < -0.3 is 9.64 Å². The number of rotatable bonds is 15. The summed E-state index contributed by atoms with van der Waals surface area (Å²) in [6.45, 7) is 2.97. The Labute approximate surface area is 161 Å². The van der Waals surface area contributed by atoms with Crippen LogP contribution in [0.25, 0.3) is 0 Å². The predicted molar refractivity (Wildman–Crippen MR) is 107 cm³/mol. The Morgan fingerprint density at radius 2 is 1.35 bits per heavy atom. The molecule has 0 aromatic heterocycles. The number of unbranched alkanes of at least 4 members (excludes halogenated alkanes) is 12. The van der Waals surface area contributed by atoms with Crippen LogP contribution in [0.2, 0.25) is 0 Å². The number of nitrogens with zero attached hydrogens (tertiary/aromatic N) is 1. The number of ether oxygens (including phenoxy) is 1. The van der Waals surface area contributed by atoms with Crippen molar-refractivity contribution in [1.29, 1.82) is 0 Å². The van der Waals surface area contributed by atoms with Crippen LogP contribution >= 0.6 is 0 Å². The Morgan fingerprint density at radius 3 is 1.85 bits per heavy atom. The second-order valence-corrected chi connectivity index (χ2v) is 7.76. The molecular weight excluding hydrogens is 326 g/mol. The first-order chi connectivity index (χ1) is 12.7. The van der Waals surface area contributed by atoms with E-state index >= 15 is 0 Å². The molecule has 0 aromatic carbocycles. The molecule has 1 unspecified atom stereocenters. The van der Waals surface area contributed by atoms with E-state index in [1.165, 1.54) is 77.7 Å². The molecule has 1 rings (SSSR count). The van der Waals surface area contributed by atoms with Crippen molar-refractivity contribution >= 4 is 11.9 Å². The summed E-state index contributed by atoms with van der Waals surface area (Å²) in [7, 11) is 1.40. The molecule has 0 radical (unpaired) electrons. The minimum Gasteiger partial charge on any atom is -0.467 e. The lowest BCUT2D eigenvalue weighted by Gasteiger charge is -2.22. The van der Waals surface area contributed by atoms with Gasteiger partial charge in [-0.25, -0.2) is 4.79 Å². The molecule has 4 nitrogen and oxygen atoms in total. The lowest BCUT2D eigenvalue weighted by atomic mass is 10.0. The van der Waals surface area contributed by atoms with Crippen LogP contribution in [0.1, 0.15) is 110 Å². The summed E-state index contributed by atoms with van der Waals surface area (Å²) in [5.41, 5.74) is 0. The third-order valence-electron chi connectivity index (χ3n) is 5.54. The maximum atomic E-state index is 12.3. The maximum Gasteiger partial charge on any atom is 0.328 e. The van der Waals surface area contributed by atoms with Gasteiger partial charge in [-0.3, -0.25) is 4.79 Å². The topological polar surface area (TPSA) is 46.6 Å². The number of carbonyl (C=O) groups is 2. The minimum absolute atomic E-state index is 0.126. The average molecular weight is 368 g/mol. The Balaban J connectivity index is 1.92. The molecule has 26 heavy (non-hydrogen) atoms. The second kappa shape index (κ2) is 15.0. The molecule has 4 heteroatoms. The molecule has 1 saturated heterocycles. The third-order valence-corrected chi connectivity index (χ3v) is 5.54. The molecule has 152 valence electrons. The van der Waals surface area contributed by atoms with Gasteiger partial charge in [0.2, 0.25) is 5.91 Å². The monoisotopic (exact) mass is 367 g/mol.